The third kappa shape index (κ3) is 4.69. The molecule has 0 aromatic carbocycles. The average molecular weight is 375 g/mol. The highest BCUT2D eigenvalue weighted by Crippen LogP contribution is 2.16. The van der Waals surface area contributed by atoms with Crippen molar-refractivity contribution >= 4 is 17.4 Å². The van der Waals surface area contributed by atoms with Crippen LogP contribution in [0.1, 0.15) is 47.8 Å². The van der Waals surface area contributed by atoms with Gasteiger partial charge in [0, 0.05) is 23.9 Å². The molecule has 0 spiro atoms. The fraction of sp³-hybridized carbons (Fsp3) is 0.412. The Morgan fingerprint density at radius 2 is 2.19 bits per heavy atom. The van der Waals surface area contributed by atoms with Crippen LogP contribution in [0.25, 0.3) is 0 Å². The Kier molecular flexibility index (Phi) is 5.67. The van der Waals surface area contributed by atoms with Crippen LogP contribution < -0.4 is 5.32 Å². The third-order valence-electron chi connectivity index (χ3n) is 3.71. The van der Waals surface area contributed by atoms with Crippen molar-refractivity contribution in [3.8, 4) is 0 Å². The minimum atomic E-state index is -0.247. The van der Waals surface area contributed by atoms with Crippen molar-refractivity contribution in [2.24, 2.45) is 0 Å². The van der Waals surface area contributed by atoms with E-state index in [1.54, 1.807) is 18.4 Å². The van der Waals surface area contributed by atoms with Crippen LogP contribution in [-0.2, 0) is 19.5 Å². The smallest absolute Gasteiger partial charge is 0.317 e. The van der Waals surface area contributed by atoms with Crippen molar-refractivity contribution in [2.75, 3.05) is 7.05 Å². The number of nitrogens with zero attached hydrogens (tertiary/aromatic N) is 4. The predicted molar refractivity (Wildman–Crippen MR) is 95.7 cm³/mol. The maximum atomic E-state index is 12.2. The maximum Gasteiger partial charge on any atom is 0.317 e. The van der Waals surface area contributed by atoms with E-state index in [9.17, 15) is 4.79 Å². The maximum absolute atomic E-state index is 12.2. The standard InChI is InChI=1S/C17H21N5O3S/c1-11(2)14-7-12(20-24-14)10-22(3)17(23)18-9-15-19-16(25-21-15)8-13-5-4-6-26-13/h4-7,11H,8-10H2,1-3H3,(H,18,23). The van der Waals surface area contributed by atoms with Crippen molar-refractivity contribution in [2.45, 2.75) is 39.3 Å². The third-order valence-corrected chi connectivity index (χ3v) is 4.58. The zero-order chi connectivity index (χ0) is 18.5. The molecule has 0 unspecified atom stereocenters. The molecule has 9 heteroatoms. The van der Waals surface area contributed by atoms with E-state index in [1.807, 2.05) is 37.4 Å². The Hall–Kier alpha value is -2.68. The Morgan fingerprint density at radius 1 is 1.35 bits per heavy atom. The van der Waals surface area contributed by atoms with Gasteiger partial charge in [0.1, 0.15) is 11.5 Å². The molecule has 0 bridgehead atoms. The molecule has 0 aliphatic rings. The van der Waals surface area contributed by atoms with Gasteiger partial charge in [0.2, 0.25) is 5.89 Å². The molecule has 0 fully saturated rings. The Balaban J connectivity index is 1.47. The molecule has 0 aliphatic heterocycles. The van der Waals surface area contributed by atoms with Crippen LogP contribution in [0.3, 0.4) is 0 Å². The lowest BCUT2D eigenvalue weighted by Gasteiger charge is -2.15. The summed E-state index contributed by atoms with van der Waals surface area (Å²) >= 11 is 1.64. The summed E-state index contributed by atoms with van der Waals surface area (Å²) in [4.78, 5) is 19.2. The molecule has 2 amide bonds. The molecule has 3 aromatic rings. The van der Waals surface area contributed by atoms with E-state index in [0.29, 0.717) is 30.4 Å². The van der Waals surface area contributed by atoms with Gasteiger partial charge in [-0.1, -0.05) is 30.2 Å². The van der Waals surface area contributed by atoms with Crippen LogP contribution in [-0.4, -0.2) is 33.3 Å². The predicted octanol–water partition coefficient (Wildman–Crippen LogP) is 3.17. The second-order valence-electron chi connectivity index (χ2n) is 6.25. The van der Waals surface area contributed by atoms with Gasteiger partial charge in [-0.3, -0.25) is 0 Å². The van der Waals surface area contributed by atoms with Gasteiger partial charge in [0.25, 0.3) is 0 Å². The zero-order valence-corrected chi connectivity index (χ0v) is 15.7. The molecule has 138 valence electrons. The summed E-state index contributed by atoms with van der Waals surface area (Å²) in [5.41, 5.74) is 0.712. The Bertz CT molecular complexity index is 840. The number of thiophene rings is 1. The fourth-order valence-corrected chi connectivity index (χ4v) is 2.97. The second-order valence-corrected chi connectivity index (χ2v) is 7.28. The van der Waals surface area contributed by atoms with E-state index >= 15 is 0 Å². The van der Waals surface area contributed by atoms with Crippen LogP contribution in [0.15, 0.2) is 32.6 Å². The number of carbonyl (C=O) groups excluding carboxylic acids is 1. The van der Waals surface area contributed by atoms with Gasteiger partial charge in [-0.05, 0) is 11.4 Å². The SMILES string of the molecule is CC(C)c1cc(CN(C)C(=O)NCc2noc(Cc3cccs3)n2)no1. The van der Waals surface area contributed by atoms with E-state index in [2.05, 4.69) is 20.6 Å². The zero-order valence-electron chi connectivity index (χ0n) is 14.9. The lowest BCUT2D eigenvalue weighted by Crippen LogP contribution is -2.36. The first-order chi connectivity index (χ1) is 12.5. The molecule has 0 saturated carbocycles. The van der Waals surface area contributed by atoms with Crippen LogP contribution in [0.5, 0.6) is 0 Å². The molecule has 3 aromatic heterocycles. The summed E-state index contributed by atoms with van der Waals surface area (Å²) in [6.07, 6.45) is 0.600. The minimum absolute atomic E-state index is 0.202. The number of rotatable bonds is 7. The number of aromatic nitrogens is 3. The number of amides is 2. The summed E-state index contributed by atoms with van der Waals surface area (Å²) in [6, 6.07) is 5.61. The van der Waals surface area contributed by atoms with Gasteiger partial charge in [0.15, 0.2) is 5.82 Å². The second kappa shape index (κ2) is 8.13. The van der Waals surface area contributed by atoms with Gasteiger partial charge >= 0.3 is 6.03 Å². The molecule has 0 aliphatic carbocycles. The molecule has 0 radical (unpaired) electrons. The first-order valence-electron chi connectivity index (χ1n) is 8.29. The number of urea groups is 1. The molecular weight excluding hydrogens is 354 g/mol. The topological polar surface area (TPSA) is 97.3 Å². The molecule has 0 atom stereocenters. The quantitative estimate of drug-likeness (QED) is 0.681. The van der Waals surface area contributed by atoms with Gasteiger partial charge in [-0.15, -0.1) is 11.3 Å². The Labute approximate surface area is 155 Å². The normalized spacial score (nSPS) is 11.1. The fourth-order valence-electron chi connectivity index (χ4n) is 2.28. The summed E-state index contributed by atoms with van der Waals surface area (Å²) in [7, 11) is 1.69. The molecule has 3 rings (SSSR count). The van der Waals surface area contributed by atoms with E-state index in [0.717, 1.165) is 10.6 Å². The summed E-state index contributed by atoms with van der Waals surface area (Å²) in [5.74, 6) is 2.05. The van der Waals surface area contributed by atoms with Crippen molar-refractivity contribution in [1.29, 1.82) is 0 Å². The van der Waals surface area contributed by atoms with Gasteiger partial charge in [-0.25, -0.2) is 4.79 Å². The van der Waals surface area contributed by atoms with Gasteiger partial charge in [0.05, 0.1) is 19.5 Å². The van der Waals surface area contributed by atoms with E-state index in [1.165, 1.54) is 4.90 Å². The van der Waals surface area contributed by atoms with Crippen molar-refractivity contribution in [3.63, 3.8) is 0 Å². The molecule has 3 heterocycles. The lowest BCUT2D eigenvalue weighted by molar-refractivity contribution is 0.204. The van der Waals surface area contributed by atoms with E-state index in [4.69, 9.17) is 9.05 Å². The molecule has 26 heavy (non-hydrogen) atoms. The van der Waals surface area contributed by atoms with Gasteiger partial charge < -0.3 is 19.3 Å². The highest BCUT2D eigenvalue weighted by atomic mass is 32.1. The average Bonchev–Trinajstić information content (AvgIpc) is 3.35. The highest BCUT2D eigenvalue weighted by Gasteiger charge is 2.15. The van der Waals surface area contributed by atoms with Crippen LogP contribution in [0.2, 0.25) is 0 Å². The van der Waals surface area contributed by atoms with Crippen LogP contribution >= 0.6 is 11.3 Å². The first-order valence-corrected chi connectivity index (χ1v) is 9.17. The number of carbonyl (C=O) groups is 1. The number of hydrogen-bond donors (Lipinski definition) is 1. The molecule has 8 nitrogen and oxygen atoms in total. The molecule has 0 saturated heterocycles. The van der Waals surface area contributed by atoms with Crippen molar-refractivity contribution in [3.05, 3.63) is 51.6 Å². The number of nitrogens with one attached hydrogen (secondary N) is 1. The van der Waals surface area contributed by atoms with E-state index < -0.39 is 0 Å². The van der Waals surface area contributed by atoms with Crippen molar-refractivity contribution < 1.29 is 13.8 Å². The lowest BCUT2D eigenvalue weighted by atomic mass is 10.1. The summed E-state index contributed by atoms with van der Waals surface area (Å²) in [5, 5.41) is 12.6. The first kappa shape index (κ1) is 18.1. The monoisotopic (exact) mass is 375 g/mol. The molecule has 1 N–H and O–H groups in total. The van der Waals surface area contributed by atoms with Crippen LogP contribution in [0.4, 0.5) is 4.79 Å². The van der Waals surface area contributed by atoms with E-state index in [-0.39, 0.29) is 18.5 Å². The summed E-state index contributed by atoms with van der Waals surface area (Å²) in [6.45, 7) is 4.61. The number of hydrogen-bond acceptors (Lipinski definition) is 7. The summed E-state index contributed by atoms with van der Waals surface area (Å²) < 4.78 is 10.5. The Morgan fingerprint density at radius 3 is 2.88 bits per heavy atom. The molecular formula is C17H21N5O3S. The minimum Gasteiger partial charge on any atom is -0.361 e. The highest BCUT2D eigenvalue weighted by molar-refractivity contribution is 7.09. The van der Waals surface area contributed by atoms with Crippen LogP contribution in [0, 0.1) is 0 Å². The largest absolute Gasteiger partial charge is 0.361 e. The van der Waals surface area contributed by atoms with Crippen molar-refractivity contribution in [1.82, 2.24) is 25.5 Å². The van der Waals surface area contributed by atoms with Gasteiger partial charge in [-0.2, -0.15) is 4.98 Å².